The lowest BCUT2D eigenvalue weighted by Gasteiger charge is -2.13. The zero-order valence-corrected chi connectivity index (χ0v) is 15.3. The highest BCUT2D eigenvalue weighted by Gasteiger charge is 2.05. The molecule has 0 amide bonds. The molecule has 3 aromatic carbocycles. The first kappa shape index (κ1) is 19.0. The van der Waals surface area contributed by atoms with E-state index in [0.717, 1.165) is 30.2 Å². The van der Waals surface area contributed by atoms with Gasteiger partial charge in [0.15, 0.2) is 0 Å². The minimum Gasteiger partial charge on any atom is -0.491 e. The largest absolute Gasteiger partial charge is 0.491 e. The van der Waals surface area contributed by atoms with Crippen LogP contribution >= 0.6 is 0 Å². The number of para-hydroxylation sites is 2. The number of ether oxygens (including phenoxy) is 2. The normalized spacial score (nSPS) is 11.7. The van der Waals surface area contributed by atoms with Crippen LogP contribution in [-0.2, 0) is 6.42 Å². The average molecular weight is 363 g/mol. The number of nitrogens with one attached hydrogen (secondary N) is 1. The number of hydrogen-bond acceptors (Lipinski definition) is 4. The molecule has 0 saturated carbocycles. The molecule has 3 aromatic rings. The van der Waals surface area contributed by atoms with E-state index in [1.807, 2.05) is 72.8 Å². The van der Waals surface area contributed by atoms with Crippen molar-refractivity contribution in [3.05, 3.63) is 90.5 Å². The standard InChI is InChI=1S/C23H25NO3/c25-20(18-26-21-7-3-1-4-8-21)17-24-16-15-19-11-13-23(14-12-19)27-22-9-5-2-6-10-22/h1-14,20,24-25H,15-18H2/t20-/m0/s1. The first-order valence-corrected chi connectivity index (χ1v) is 9.18. The molecular weight excluding hydrogens is 338 g/mol. The third-order valence-electron chi connectivity index (χ3n) is 4.06. The van der Waals surface area contributed by atoms with Crippen LogP contribution in [0.5, 0.6) is 17.2 Å². The predicted molar refractivity (Wildman–Crippen MR) is 107 cm³/mol. The monoisotopic (exact) mass is 363 g/mol. The minimum atomic E-state index is -0.535. The maximum atomic E-state index is 9.98. The van der Waals surface area contributed by atoms with Crippen LogP contribution in [0, 0.1) is 0 Å². The Morgan fingerprint density at radius 1 is 0.741 bits per heavy atom. The molecule has 4 nitrogen and oxygen atoms in total. The molecule has 27 heavy (non-hydrogen) atoms. The van der Waals surface area contributed by atoms with Crippen molar-refractivity contribution in [3.63, 3.8) is 0 Å². The van der Waals surface area contributed by atoms with E-state index in [1.54, 1.807) is 0 Å². The number of aliphatic hydroxyl groups is 1. The van der Waals surface area contributed by atoms with Gasteiger partial charge in [0.05, 0.1) is 0 Å². The van der Waals surface area contributed by atoms with Gasteiger partial charge in [0.1, 0.15) is 30.0 Å². The van der Waals surface area contributed by atoms with E-state index in [2.05, 4.69) is 17.4 Å². The Balaban J connectivity index is 1.33. The second kappa shape index (κ2) is 10.4. The molecular formula is C23H25NO3. The minimum absolute atomic E-state index is 0.280. The summed E-state index contributed by atoms with van der Waals surface area (Å²) in [4.78, 5) is 0. The molecule has 1 atom stereocenters. The SMILES string of the molecule is O[C@@H](CNCCc1ccc(Oc2ccccc2)cc1)COc1ccccc1. The average Bonchev–Trinajstić information content (AvgIpc) is 2.72. The number of aliphatic hydroxyl groups excluding tert-OH is 1. The molecule has 0 saturated heterocycles. The highest BCUT2D eigenvalue weighted by Crippen LogP contribution is 2.21. The molecule has 3 rings (SSSR count). The molecule has 0 aliphatic rings. The summed E-state index contributed by atoms with van der Waals surface area (Å²) >= 11 is 0. The summed E-state index contributed by atoms with van der Waals surface area (Å²) in [5.41, 5.74) is 1.22. The number of hydrogen-bond donors (Lipinski definition) is 2. The Kier molecular flexibility index (Phi) is 7.27. The molecule has 0 radical (unpaired) electrons. The second-order valence-electron chi connectivity index (χ2n) is 6.29. The van der Waals surface area contributed by atoms with Gasteiger partial charge in [0.2, 0.25) is 0 Å². The van der Waals surface area contributed by atoms with Crippen LogP contribution in [0.2, 0.25) is 0 Å². The van der Waals surface area contributed by atoms with Gasteiger partial charge in [-0.3, -0.25) is 0 Å². The van der Waals surface area contributed by atoms with Crippen LogP contribution in [0.4, 0.5) is 0 Å². The fourth-order valence-electron chi connectivity index (χ4n) is 2.62. The van der Waals surface area contributed by atoms with Gasteiger partial charge in [-0.15, -0.1) is 0 Å². The lowest BCUT2D eigenvalue weighted by atomic mass is 10.1. The topological polar surface area (TPSA) is 50.7 Å². The summed E-state index contributed by atoms with van der Waals surface area (Å²) in [5.74, 6) is 2.43. The Hall–Kier alpha value is -2.82. The van der Waals surface area contributed by atoms with E-state index in [9.17, 15) is 5.11 Å². The maximum Gasteiger partial charge on any atom is 0.127 e. The summed E-state index contributed by atoms with van der Waals surface area (Å²) in [6.45, 7) is 1.58. The number of benzene rings is 3. The molecule has 4 heteroatoms. The van der Waals surface area contributed by atoms with Gasteiger partial charge in [0.25, 0.3) is 0 Å². The van der Waals surface area contributed by atoms with Crippen LogP contribution in [0.25, 0.3) is 0 Å². The summed E-state index contributed by atoms with van der Waals surface area (Å²) < 4.78 is 11.3. The van der Waals surface area contributed by atoms with Crippen molar-refractivity contribution < 1.29 is 14.6 Å². The predicted octanol–water partition coefficient (Wildman–Crippen LogP) is 4.05. The van der Waals surface area contributed by atoms with Crippen molar-refractivity contribution in [1.29, 1.82) is 0 Å². The van der Waals surface area contributed by atoms with E-state index in [4.69, 9.17) is 9.47 Å². The van der Waals surface area contributed by atoms with Crippen molar-refractivity contribution in [1.82, 2.24) is 5.32 Å². The smallest absolute Gasteiger partial charge is 0.127 e. The molecule has 0 fully saturated rings. The fraction of sp³-hybridized carbons (Fsp3) is 0.217. The summed E-state index contributed by atoms with van der Waals surface area (Å²) in [7, 11) is 0. The van der Waals surface area contributed by atoms with Gasteiger partial charge < -0.3 is 19.9 Å². The molecule has 0 aliphatic carbocycles. The lowest BCUT2D eigenvalue weighted by molar-refractivity contribution is 0.106. The highest BCUT2D eigenvalue weighted by atomic mass is 16.5. The van der Waals surface area contributed by atoms with Gasteiger partial charge in [-0.05, 0) is 54.9 Å². The molecule has 0 aliphatic heterocycles. The second-order valence-corrected chi connectivity index (χ2v) is 6.29. The van der Waals surface area contributed by atoms with Crippen molar-refractivity contribution in [2.75, 3.05) is 19.7 Å². The molecule has 2 N–H and O–H groups in total. The fourth-order valence-corrected chi connectivity index (χ4v) is 2.62. The van der Waals surface area contributed by atoms with Gasteiger partial charge >= 0.3 is 0 Å². The molecule has 140 valence electrons. The summed E-state index contributed by atoms with van der Waals surface area (Å²) in [6, 6.07) is 27.3. The molecule has 0 heterocycles. The van der Waals surface area contributed by atoms with Crippen molar-refractivity contribution >= 4 is 0 Å². The quantitative estimate of drug-likeness (QED) is 0.534. The van der Waals surface area contributed by atoms with Crippen LogP contribution in [0.1, 0.15) is 5.56 Å². The molecule has 0 spiro atoms. The van der Waals surface area contributed by atoms with Gasteiger partial charge in [-0.1, -0.05) is 48.5 Å². The van der Waals surface area contributed by atoms with Crippen LogP contribution in [0.15, 0.2) is 84.9 Å². The number of rotatable bonds is 10. The molecule has 0 bridgehead atoms. The maximum absolute atomic E-state index is 9.98. The van der Waals surface area contributed by atoms with Crippen LogP contribution in [-0.4, -0.2) is 30.9 Å². The Labute approximate surface area is 160 Å². The Morgan fingerprint density at radius 3 is 2.00 bits per heavy atom. The van der Waals surface area contributed by atoms with E-state index in [-0.39, 0.29) is 6.61 Å². The van der Waals surface area contributed by atoms with Gasteiger partial charge in [-0.2, -0.15) is 0 Å². The summed E-state index contributed by atoms with van der Waals surface area (Å²) in [5, 5.41) is 13.2. The van der Waals surface area contributed by atoms with Gasteiger partial charge in [-0.25, -0.2) is 0 Å². The van der Waals surface area contributed by atoms with E-state index < -0.39 is 6.10 Å². The first-order chi connectivity index (χ1) is 13.3. The zero-order chi connectivity index (χ0) is 18.7. The molecule has 0 aromatic heterocycles. The van der Waals surface area contributed by atoms with Gasteiger partial charge in [0, 0.05) is 6.54 Å². The zero-order valence-electron chi connectivity index (χ0n) is 15.3. The Morgan fingerprint density at radius 2 is 1.33 bits per heavy atom. The lowest BCUT2D eigenvalue weighted by Crippen LogP contribution is -2.32. The molecule has 0 unspecified atom stereocenters. The third kappa shape index (κ3) is 6.77. The highest BCUT2D eigenvalue weighted by molar-refractivity contribution is 5.33. The van der Waals surface area contributed by atoms with E-state index in [0.29, 0.717) is 6.54 Å². The van der Waals surface area contributed by atoms with Crippen LogP contribution in [0.3, 0.4) is 0 Å². The summed E-state index contributed by atoms with van der Waals surface area (Å²) in [6.07, 6.45) is 0.351. The van der Waals surface area contributed by atoms with Crippen LogP contribution < -0.4 is 14.8 Å². The third-order valence-corrected chi connectivity index (χ3v) is 4.06. The Bertz CT molecular complexity index is 776. The van der Waals surface area contributed by atoms with Crippen molar-refractivity contribution in [2.45, 2.75) is 12.5 Å². The van der Waals surface area contributed by atoms with E-state index in [1.165, 1.54) is 5.56 Å². The first-order valence-electron chi connectivity index (χ1n) is 9.18. The van der Waals surface area contributed by atoms with Crippen molar-refractivity contribution in [2.24, 2.45) is 0 Å². The van der Waals surface area contributed by atoms with E-state index >= 15 is 0 Å². The van der Waals surface area contributed by atoms with Crippen molar-refractivity contribution in [3.8, 4) is 17.2 Å².